The highest BCUT2D eigenvalue weighted by atomic mass is 32.1. The summed E-state index contributed by atoms with van der Waals surface area (Å²) in [5.41, 5.74) is 4.08. The molecular weight excluding hydrogens is 546 g/mol. The van der Waals surface area contributed by atoms with Crippen molar-refractivity contribution in [3.8, 4) is 0 Å². The van der Waals surface area contributed by atoms with Gasteiger partial charge in [-0.05, 0) is 77.0 Å². The van der Waals surface area contributed by atoms with Crippen molar-refractivity contribution in [3.63, 3.8) is 0 Å². The zero-order valence-corrected chi connectivity index (χ0v) is 24.4. The van der Waals surface area contributed by atoms with E-state index in [0.717, 1.165) is 37.6 Å². The number of Topliss-reactive ketones (excluding diaryl/α,β-unsaturated/α-hetero) is 2. The first-order valence-corrected chi connectivity index (χ1v) is 16.6. The molecule has 2 aliphatic rings. The smallest absolute Gasteiger partial charge is 0.197 e. The molecule has 4 aromatic carbocycles. The Morgan fingerprint density at radius 2 is 1.44 bits per heavy atom. The van der Waals surface area contributed by atoms with Gasteiger partial charge in [0.05, 0.1) is 14.4 Å². The number of fused-ring (bicyclic) bond motifs is 2. The normalized spacial score (nSPS) is 15.1. The third kappa shape index (κ3) is 4.57. The van der Waals surface area contributed by atoms with E-state index in [4.69, 9.17) is 0 Å². The second-order valence-corrected chi connectivity index (χ2v) is 14.6. The predicted octanol–water partition coefficient (Wildman–Crippen LogP) is 8.78. The van der Waals surface area contributed by atoms with Crippen molar-refractivity contribution in [2.24, 2.45) is 0 Å². The van der Waals surface area contributed by atoms with Gasteiger partial charge < -0.3 is 4.90 Å². The monoisotopic (exact) mass is 572 g/mol. The van der Waals surface area contributed by atoms with E-state index in [1.165, 1.54) is 41.5 Å². The van der Waals surface area contributed by atoms with Gasteiger partial charge >= 0.3 is 0 Å². The molecule has 1 aromatic heterocycles. The third-order valence-electron chi connectivity index (χ3n) is 8.13. The summed E-state index contributed by atoms with van der Waals surface area (Å²) in [6.07, 6.45) is 4.17. The van der Waals surface area contributed by atoms with E-state index in [9.17, 15) is 14.0 Å². The fraction of sp³-hybridized carbons (Fsp3) is 0.143. The van der Waals surface area contributed by atoms with Gasteiger partial charge in [-0.1, -0.05) is 73.5 Å². The number of allylic oxidation sites excluding steroid dienone is 1. The quantitative estimate of drug-likeness (QED) is 0.120. The number of nitrogens with zero attached hydrogens (tertiary/aromatic N) is 1. The number of aryl methyl sites for hydroxylation is 1. The van der Waals surface area contributed by atoms with Crippen LogP contribution in [0.4, 0.5) is 20.8 Å². The van der Waals surface area contributed by atoms with Crippen molar-refractivity contribution in [1.29, 1.82) is 0 Å². The second-order valence-electron chi connectivity index (χ2n) is 10.7. The van der Waals surface area contributed by atoms with Crippen LogP contribution in [0.3, 0.4) is 0 Å². The Bertz CT molecular complexity index is 1830. The lowest BCUT2D eigenvalue weighted by Gasteiger charge is -2.29. The molecule has 0 saturated carbocycles. The Morgan fingerprint density at radius 3 is 2.12 bits per heavy atom. The number of benzene rings is 4. The minimum atomic E-state index is -0.785. The number of hydrogen-bond donors (Lipinski definition) is 0. The van der Waals surface area contributed by atoms with Gasteiger partial charge in [0.15, 0.2) is 11.6 Å². The summed E-state index contributed by atoms with van der Waals surface area (Å²) in [6, 6.07) is 31.2. The van der Waals surface area contributed by atoms with E-state index < -0.39 is 8.80 Å². The molecule has 0 amide bonds. The van der Waals surface area contributed by atoms with Gasteiger partial charge in [-0.25, -0.2) is 4.39 Å². The van der Waals surface area contributed by atoms with Gasteiger partial charge in [-0.2, -0.15) is 0 Å². The van der Waals surface area contributed by atoms with Gasteiger partial charge in [-0.15, -0.1) is 11.3 Å². The van der Waals surface area contributed by atoms with Crippen LogP contribution in [0.25, 0.3) is 16.8 Å². The summed E-state index contributed by atoms with van der Waals surface area (Å²) >= 11 is 1.50. The molecule has 0 spiro atoms. The maximum absolute atomic E-state index is 14.8. The van der Waals surface area contributed by atoms with Crippen LogP contribution in [-0.2, 0) is 0 Å². The van der Waals surface area contributed by atoms with Crippen molar-refractivity contribution in [2.45, 2.75) is 31.9 Å². The molecule has 1 saturated heterocycles. The van der Waals surface area contributed by atoms with Gasteiger partial charge in [-0.3, -0.25) is 9.59 Å². The lowest BCUT2D eigenvalue weighted by atomic mass is 10.0. The fourth-order valence-corrected chi connectivity index (χ4v) is 10.0. The number of thiophene rings is 1. The second kappa shape index (κ2) is 10.4. The first kappa shape index (κ1) is 25.8. The van der Waals surface area contributed by atoms with Crippen molar-refractivity contribution >= 4 is 70.1 Å². The van der Waals surface area contributed by atoms with E-state index >= 15 is 0 Å². The predicted molar refractivity (Wildman–Crippen MR) is 169 cm³/mol. The summed E-state index contributed by atoms with van der Waals surface area (Å²) in [6.45, 7) is 2.07. The number of rotatable bonds is 5. The number of para-hydroxylation sites is 1. The number of ketones is 2. The molecule has 3 nitrogen and oxygen atoms in total. The van der Waals surface area contributed by atoms with Crippen molar-refractivity contribution in [3.05, 3.63) is 124 Å². The molecule has 6 heteroatoms. The number of halogens is 1. The Labute approximate surface area is 244 Å². The average Bonchev–Trinajstić information content (AvgIpc) is 3.73. The first-order valence-electron chi connectivity index (χ1n) is 13.9. The standard InChI is InChI=1S/C35H27FNO2SSi/c1-22-8-2-5-11-30(22)37(31-20-25(36)12-14-32(31)41-16-6-7-17-41)33-15-13-26(40-33)21-29-34(38)27-18-23-9-3-4-10-24(23)19-28(27)35(29)39/h2-5,8-15,18-21H,6-7,16-17H2,1H3. The number of hydrogen-bond acceptors (Lipinski definition) is 4. The minimum Gasteiger partial charge on any atom is -0.302 e. The molecule has 41 heavy (non-hydrogen) atoms. The van der Waals surface area contributed by atoms with E-state index in [1.54, 1.807) is 18.2 Å². The summed E-state index contributed by atoms with van der Waals surface area (Å²) in [5.74, 6) is -0.729. The maximum Gasteiger partial charge on any atom is 0.197 e. The summed E-state index contributed by atoms with van der Waals surface area (Å²) in [5, 5.41) is 4.06. The highest BCUT2D eigenvalue weighted by molar-refractivity contribution is 7.17. The molecule has 0 bridgehead atoms. The third-order valence-corrected chi connectivity index (χ3v) is 12.2. The molecule has 1 fully saturated rings. The highest BCUT2D eigenvalue weighted by Crippen LogP contribution is 2.42. The molecule has 0 unspecified atom stereocenters. The van der Waals surface area contributed by atoms with Crippen molar-refractivity contribution < 1.29 is 14.0 Å². The van der Waals surface area contributed by atoms with Crippen LogP contribution in [-0.4, -0.2) is 20.4 Å². The van der Waals surface area contributed by atoms with Crippen LogP contribution in [0.15, 0.2) is 96.6 Å². The molecule has 0 atom stereocenters. The van der Waals surface area contributed by atoms with E-state index in [1.807, 2.05) is 66.7 Å². The van der Waals surface area contributed by atoms with Crippen molar-refractivity contribution in [1.82, 2.24) is 0 Å². The lowest BCUT2D eigenvalue weighted by Crippen LogP contribution is -2.31. The Balaban J connectivity index is 1.32. The summed E-state index contributed by atoms with van der Waals surface area (Å²) < 4.78 is 14.8. The van der Waals surface area contributed by atoms with Crippen LogP contribution in [0.2, 0.25) is 12.1 Å². The van der Waals surface area contributed by atoms with Crippen molar-refractivity contribution in [2.75, 3.05) is 4.90 Å². The zero-order valence-electron chi connectivity index (χ0n) is 22.6. The number of anilines is 3. The molecular formula is C35H27FNO2SSi. The van der Waals surface area contributed by atoms with Gasteiger partial charge in [0.25, 0.3) is 0 Å². The van der Waals surface area contributed by atoms with E-state index in [2.05, 4.69) is 24.0 Å². The van der Waals surface area contributed by atoms with Crippen LogP contribution < -0.4 is 10.1 Å². The zero-order chi connectivity index (χ0) is 28.1. The molecule has 1 aliphatic carbocycles. The topological polar surface area (TPSA) is 37.4 Å². The molecule has 201 valence electrons. The Hall–Kier alpha value is -4.13. The molecule has 7 rings (SSSR count). The lowest BCUT2D eigenvalue weighted by molar-refractivity contribution is 0.0990. The molecule has 0 N–H and O–H groups in total. The van der Waals surface area contributed by atoms with Gasteiger partial charge in [0.2, 0.25) is 0 Å². The van der Waals surface area contributed by atoms with Crippen LogP contribution in [0.5, 0.6) is 0 Å². The maximum atomic E-state index is 14.8. The largest absolute Gasteiger partial charge is 0.302 e. The average molecular weight is 573 g/mol. The van der Waals surface area contributed by atoms with Crippen LogP contribution in [0, 0.1) is 12.7 Å². The fourth-order valence-electron chi connectivity index (χ4n) is 6.06. The van der Waals surface area contributed by atoms with E-state index in [0.29, 0.717) is 11.1 Å². The molecule has 1 radical (unpaired) electrons. The van der Waals surface area contributed by atoms with Gasteiger partial charge in [0.1, 0.15) is 10.8 Å². The van der Waals surface area contributed by atoms with E-state index in [-0.39, 0.29) is 23.0 Å². The van der Waals surface area contributed by atoms with Crippen LogP contribution in [0.1, 0.15) is 44.0 Å². The van der Waals surface area contributed by atoms with Crippen LogP contribution >= 0.6 is 11.3 Å². The summed E-state index contributed by atoms with van der Waals surface area (Å²) in [7, 11) is -0.785. The number of carbonyl (C=O) groups is 2. The first-order chi connectivity index (χ1) is 20.0. The molecule has 5 aromatic rings. The summed E-state index contributed by atoms with van der Waals surface area (Å²) in [4.78, 5) is 29.7. The molecule has 1 aliphatic heterocycles. The Morgan fingerprint density at radius 1 is 0.780 bits per heavy atom. The highest BCUT2D eigenvalue weighted by Gasteiger charge is 2.34. The van der Waals surface area contributed by atoms with Gasteiger partial charge in [0, 0.05) is 27.4 Å². The number of carbonyl (C=O) groups excluding carboxylic acids is 2. The Kier molecular flexibility index (Phi) is 6.52. The minimum absolute atomic E-state index is 0.189. The molecule has 2 heterocycles. The SMILES string of the molecule is Cc1ccccc1N(c1ccc(C=C2C(=O)c3cc4ccccc4cc3C2=O)s1)c1cc(F)ccc1[Si]1CCCC1.